The van der Waals surface area contributed by atoms with Crippen LogP contribution in [-0.2, 0) is 0 Å². The zero-order valence-corrected chi connectivity index (χ0v) is 11.4. The molecule has 0 saturated heterocycles. The zero-order valence-electron chi connectivity index (χ0n) is 9.74. The predicted molar refractivity (Wildman–Crippen MR) is 77.1 cm³/mol. The number of fused-ring (bicyclic) bond motifs is 1. The molecule has 0 spiro atoms. The van der Waals surface area contributed by atoms with E-state index in [0.717, 1.165) is 14.6 Å². The van der Waals surface area contributed by atoms with Crippen molar-refractivity contribution >= 4 is 39.3 Å². The number of carbonyl (C=O) groups is 1. The van der Waals surface area contributed by atoms with Crippen molar-refractivity contribution in [2.24, 2.45) is 0 Å². The number of thiazole rings is 1. The second kappa shape index (κ2) is 5.03. The maximum absolute atomic E-state index is 11.2. The number of aromatic carboxylic acids is 1. The van der Waals surface area contributed by atoms with E-state index in [-0.39, 0.29) is 0 Å². The Bertz CT molecular complexity index is 719. The van der Waals surface area contributed by atoms with Crippen molar-refractivity contribution in [2.45, 2.75) is 9.24 Å². The fourth-order valence-electron chi connectivity index (χ4n) is 1.72. The molecular formula is C14H9NO2S2. The molecule has 1 N–H and O–H groups in total. The van der Waals surface area contributed by atoms with Gasteiger partial charge in [0, 0.05) is 4.90 Å². The van der Waals surface area contributed by atoms with E-state index in [1.54, 1.807) is 29.5 Å². The zero-order chi connectivity index (χ0) is 13.2. The van der Waals surface area contributed by atoms with Crippen molar-refractivity contribution in [3.8, 4) is 0 Å². The highest BCUT2D eigenvalue weighted by atomic mass is 32.2. The summed E-state index contributed by atoms with van der Waals surface area (Å²) in [4.78, 5) is 16.4. The summed E-state index contributed by atoms with van der Waals surface area (Å²) in [6, 6.07) is 14.9. The lowest BCUT2D eigenvalue weighted by Gasteiger charge is -2.02. The van der Waals surface area contributed by atoms with Gasteiger partial charge in [0.1, 0.15) is 0 Å². The number of carboxylic acid groups (broad SMARTS) is 1. The molecule has 0 amide bonds. The molecule has 0 aliphatic heterocycles. The van der Waals surface area contributed by atoms with E-state index in [2.05, 4.69) is 4.98 Å². The molecule has 1 aromatic heterocycles. The molecule has 0 radical (unpaired) electrons. The predicted octanol–water partition coefficient (Wildman–Crippen LogP) is 4.15. The molecule has 3 rings (SSSR count). The van der Waals surface area contributed by atoms with Crippen LogP contribution in [0.4, 0.5) is 0 Å². The number of carboxylic acids is 1. The molecular weight excluding hydrogens is 278 g/mol. The third-order valence-electron chi connectivity index (χ3n) is 2.59. The van der Waals surface area contributed by atoms with Gasteiger partial charge in [-0.15, -0.1) is 11.3 Å². The first-order valence-electron chi connectivity index (χ1n) is 5.60. The lowest BCUT2D eigenvalue weighted by molar-refractivity contribution is 0.0693. The van der Waals surface area contributed by atoms with Gasteiger partial charge >= 0.3 is 5.97 Å². The highest BCUT2D eigenvalue weighted by Crippen LogP contribution is 2.35. The highest BCUT2D eigenvalue weighted by Gasteiger charge is 2.12. The van der Waals surface area contributed by atoms with E-state index in [1.165, 1.54) is 11.8 Å². The summed E-state index contributed by atoms with van der Waals surface area (Å²) in [5.41, 5.74) is 1.26. The van der Waals surface area contributed by atoms with E-state index in [0.29, 0.717) is 10.5 Å². The van der Waals surface area contributed by atoms with Crippen LogP contribution in [0.15, 0.2) is 57.8 Å². The third-order valence-corrected chi connectivity index (χ3v) is 4.76. The van der Waals surface area contributed by atoms with Crippen molar-refractivity contribution in [1.82, 2.24) is 4.98 Å². The van der Waals surface area contributed by atoms with Gasteiger partial charge in [0.25, 0.3) is 0 Å². The SMILES string of the molecule is O=C(O)c1ccccc1Sc1nc2ccccc2s1. The van der Waals surface area contributed by atoms with Crippen LogP contribution >= 0.6 is 23.1 Å². The Morgan fingerprint density at radius 1 is 1.11 bits per heavy atom. The summed E-state index contributed by atoms with van der Waals surface area (Å²) in [6.45, 7) is 0. The molecule has 0 saturated carbocycles. The summed E-state index contributed by atoms with van der Waals surface area (Å²) in [5, 5.41) is 9.15. The van der Waals surface area contributed by atoms with E-state index < -0.39 is 5.97 Å². The smallest absolute Gasteiger partial charge is 0.336 e. The molecule has 5 heteroatoms. The van der Waals surface area contributed by atoms with Crippen molar-refractivity contribution in [1.29, 1.82) is 0 Å². The Morgan fingerprint density at radius 2 is 1.84 bits per heavy atom. The normalized spacial score (nSPS) is 10.7. The number of hydrogen-bond donors (Lipinski definition) is 1. The fraction of sp³-hybridized carbons (Fsp3) is 0. The molecule has 0 atom stereocenters. The Hall–Kier alpha value is -1.85. The molecule has 0 unspecified atom stereocenters. The van der Waals surface area contributed by atoms with Gasteiger partial charge in [-0.3, -0.25) is 0 Å². The Kier molecular flexibility index (Phi) is 3.23. The van der Waals surface area contributed by atoms with Crippen molar-refractivity contribution in [3.63, 3.8) is 0 Å². The van der Waals surface area contributed by atoms with Crippen LogP contribution in [0.25, 0.3) is 10.2 Å². The second-order valence-corrected chi connectivity index (χ2v) is 6.17. The number of benzene rings is 2. The number of rotatable bonds is 3. The number of para-hydroxylation sites is 1. The molecule has 0 fully saturated rings. The first-order chi connectivity index (χ1) is 9.24. The Morgan fingerprint density at radius 3 is 2.63 bits per heavy atom. The number of aromatic nitrogens is 1. The molecule has 0 aliphatic carbocycles. The molecule has 94 valence electrons. The summed E-state index contributed by atoms with van der Waals surface area (Å²) in [7, 11) is 0. The van der Waals surface area contributed by atoms with Gasteiger partial charge in [0.05, 0.1) is 15.8 Å². The molecule has 2 aromatic carbocycles. The molecule has 3 nitrogen and oxygen atoms in total. The first kappa shape index (κ1) is 12.2. The number of hydrogen-bond acceptors (Lipinski definition) is 4. The van der Waals surface area contributed by atoms with Gasteiger partial charge in [-0.25, -0.2) is 9.78 Å². The topological polar surface area (TPSA) is 50.2 Å². The molecule has 1 heterocycles. The van der Waals surface area contributed by atoms with Crippen LogP contribution in [0.5, 0.6) is 0 Å². The van der Waals surface area contributed by atoms with Gasteiger partial charge in [0.15, 0.2) is 4.34 Å². The van der Waals surface area contributed by atoms with E-state index in [9.17, 15) is 4.79 Å². The highest BCUT2D eigenvalue weighted by molar-refractivity contribution is 8.01. The van der Waals surface area contributed by atoms with Gasteiger partial charge in [-0.1, -0.05) is 36.0 Å². The number of nitrogens with zero attached hydrogens (tertiary/aromatic N) is 1. The minimum atomic E-state index is -0.913. The minimum absolute atomic E-state index is 0.312. The van der Waals surface area contributed by atoms with Crippen LogP contribution in [0, 0.1) is 0 Å². The van der Waals surface area contributed by atoms with Gasteiger partial charge in [-0.2, -0.15) is 0 Å². The lowest BCUT2D eigenvalue weighted by Crippen LogP contribution is -1.97. The molecule has 19 heavy (non-hydrogen) atoms. The van der Waals surface area contributed by atoms with E-state index in [1.807, 2.05) is 30.3 Å². The lowest BCUT2D eigenvalue weighted by atomic mass is 10.2. The van der Waals surface area contributed by atoms with Crippen LogP contribution in [0.2, 0.25) is 0 Å². The standard InChI is InChI=1S/C14H9NO2S2/c16-13(17)9-5-1-3-7-11(9)18-14-15-10-6-2-4-8-12(10)19-14/h1-8H,(H,16,17). The quantitative estimate of drug-likeness (QED) is 0.786. The summed E-state index contributed by atoms with van der Waals surface area (Å²) >= 11 is 2.97. The van der Waals surface area contributed by atoms with Gasteiger partial charge in [-0.05, 0) is 24.3 Å². The van der Waals surface area contributed by atoms with Gasteiger partial charge < -0.3 is 5.11 Å². The molecule has 0 bridgehead atoms. The fourth-order valence-corrected chi connectivity index (χ4v) is 3.87. The third kappa shape index (κ3) is 2.47. The molecule has 3 aromatic rings. The van der Waals surface area contributed by atoms with Crippen LogP contribution in [0.3, 0.4) is 0 Å². The van der Waals surface area contributed by atoms with Crippen molar-refractivity contribution in [3.05, 3.63) is 54.1 Å². The second-order valence-electron chi connectivity index (χ2n) is 3.85. The Labute approximate surface area is 117 Å². The maximum atomic E-state index is 11.2. The molecule has 0 aliphatic rings. The monoisotopic (exact) mass is 287 g/mol. The average molecular weight is 287 g/mol. The van der Waals surface area contributed by atoms with Gasteiger partial charge in [0.2, 0.25) is 0 Å². The van der Waals surface area contributed by atoms with Crippen molar-refractivity contribution in [2.75, 3.05) is 0 Å². The Balaban J connectivity index is 1.99. The first-order valence-corrected chi connectivity index (χ1v) is 7.23. The van der Waals surface area contributed by atoms with E-state index >= 15 is 0 Å². The van der Waals surface area contributed by atoms with Crippen molar-refractivity contribution < 1.29 is 9.90 Å². The van der Waals surface area contributed by atoms with Crippen LogP contribution in [-0.4, -0.2) is 16.1 Å². The maximum Gasteiger partial charge on any atom is 0.336 e. The average Bonchev–Trinajstić information content (AvgIpc) is 2.81. The van der Waals surface area contributed by atoms with Crippen LogP contribution < -0.4 is 0 Å². The largest absolute Gasteiger partial charge is 0.478 e. The summed E-state index contributed by atoms with van der Waals surface area (Å²) < 4.78 is 1.97. The summed E-state index contributed by atoms with van der Waals surface area (Å²) in [5.74, 6) is -0.913. The van der Waals surface area contributed by atoms with E-state index in [4.69, 9.17) is 5.11 Å². The summed E-state index contributed by atoms with van der Waals surface area (Å²) in [6.07, 6.45) is 0. The van der Waals surface area contributed by atoms with Crippen LogP contribution in [0.1, 0.15) is 10.4 Å². The minimum Gasteiger partial charge on any atom is -0.478 e.